The molecule has 0 bridgehead atoms. The Hall–Kier alpha value is -0.650. The molecule has 1 saturated carbocycles. The fourth-order valence-electron chi connectivity index (χ4n) is 1.42. The van der Waals surface area contributed by atoms with Crippen LogP contribution in [0.15, 0.2) is 0 Å². The molecular formula is C7H12O5. The van der Waals surface area contributed by atoms with Crippen molar-refractivity contribution in [3.8, 4) is 0 Å². The van der Waals surface area contributed by atoms with Gasteiger partial charge in [0.1, 0.15) is 6.10 Å². The molecule has 12 heavy (non-hydrogen) atoms. The van der Waals surface area contributed by atoms with Crippen LogP contribution in [-0.4, -0.2) is 44.7 Å². The SMILES string of the molecule is O=C(O)[C@H]1C[C@@H](O)[C@H](O)[C@H](O)C1. The summed E-state index contributed by atoms with van der Waals surface area (Å²) in [6, 6.07) is 0. The van der Waals surface area contributed by atoms with Crippen LogP contribution >= 0.6 is 0 Å². The van der Waals surface area contributed by atoms with Crippen LogP contribution in [0.1, 0.15) is 12.8 Å². The summed E-state index contributed by atoms with van der Waals surface area (Å²) in [5, 5.41) is 35.8. The molecule has 4 N–H and O–H groups in total. The van der Waals surface area contributed by atoms with E-state index in [1.165, 1.54) is 0 Å². The number of hydrogen-bond donors (Lipinski definition) is 4. The summed E-state index contributed by atoms with van der Waals surface area (Å²) in [5.74, 6) is -1.79. The molecule has 0 aliphatic heterocycles. The molecule has 0 saturated heterocycles. The molecule has 0 unspecified atom stereocenters. The first kappa shape index (κ1) is 9.44. The van der Waals surface area contributed by atoms with Gasteiger partial charge in [-0.25, -0.2) is 0 Å². The highest BCUT2D eigenvalue weighted by Gasteiger charge is 2.37. The van der Waals surface area contributed by atoms with E-state index in [1.807, 2.05) is 0 Å². The fourth-order valence-corrected chi connectivity index (χ4v) is 1.42. The van der Waals surface area contributed by atoms with Crippen molar-refractivity contribution in [2.75, 3.05) is 0 Å². The Morgan fingerprint density at radius 3 is 1.83 bits per heavy atom. The van der Waals surface area contributed by atoms with Gasteiger partial charge in [0.25, 0.3) is 0 Å². The van der Waals surface area contributed by atoms with Crippen molar-refractivity contribution >= 4 is 5.97 Å². The smallest absolute Gasteiger partial charge is 0.306 e. The van der Waals surface area contributed by atoms with Crippen molar-refractivity contribution in [1.82, 2.24) is 0 Å². The Kier molecular flexibility index (Phi) is 2.66. The first-order valence-corrected chi connectivity index (χ1v) is 3.79. The quantitative estimate of drug-likeness (QED) is 0.392. The van der Waals surface area contributed by atoms with Gasteiger partial charge in [0.15, 0.2) is 0 Å². The lowest BCUT2D eigenvalue weighted by Crippen LogP contribution is -2.46. The lowest BCUT2D eigenvalue weighted by Gasteiger charge is -2.31. The molecule has 0 spiro atoms. The van der Waals surface area contributed by atoms with E-state index in [2.05, 4.69) is 0 Å². The standard InChI is InChI=1S/C7H12O5/c8-4-1-3(7(11)12)2-5(9)6(4)10/h3-6,8-10H,1-2H2,(H,11,12)/t3-,4-,5-,6-/m1/s1. The lowest BCUT2D eigenvalue weighted by atomic mass is 9.83. The highest BCUT2D eigenvalue weighted by Crippen LogP contribution is 2.25. The summed E-state index contributed by atoms with van der Waals surface area (Å²) in [6.45, 7) is 0. The minimum Gasteiger partial charge on any atom is -0.481 e. The molecule has 0 aromatic rings. The topological polar surface area (TPSA) is 98.0 Å². The molecule has 1 aliphatic carbocycles. The van der Waals surface area contributed by atoms with Crippen molar-refractivity contribution < 1.29 is 25.2 Å². The molecule has 5 nitrogen and oxygen atoms in total. The third-order valence-corrected chi connectivity index (χ3v) is 2.19. The predicted molar refractivity (Wildman–Crippen MR) is 38.4 cm³/mol. The van der Waals surface area contributed by atoms with E-state index in [0.29, 0.717) is 0 Å². The Labute approximate surface area is 69.3 Å². The first-order chi connectivity index (χ1) is 5.52. The number of aliphatic hydroxyl groups is 3. The first-order valence-electron chi connectivity index (χ1n) is 3.79. The molecule has 70 valence electrons. The normalized spacial score (nSPS) is 42.6. The largest absolute Gasteiger partial charge is 0.481 e. The number of aliphatic hydroxyl groups excluding tert-OH is 3. The van der Waals surface area contributed by atoms with Crippen molar-refractivity contribution in [1.29, 1.82) is 0 Å². The minimum absolute atomic E-state index is 0.00750. The zero-order valence-electron chi connectivity index (χ0n) is 6.42. The van der Waals surface area contributed by atoms with E-state index in [-0.39, 0.29) is 12.8 Å². The van der Waals surface area contributed by atoms with Crippen LogP contribution in [0.25, 0.3) is 0 Å². The monoisotopic (exact) mass is 176 g/mol. The van der Waals surface area contributed by atoms with Gasteiger partial charge in [-0.3, -0.25) is 4.79 Å². The molecule has 0 aromatic carbocycles. The highest BCUT2D eigenvalue weighted by molar-refractivity contribution is 5.70. The summed E-state index contributed by atoms with van der Waals surface area (Å²) < 4.78 is 0. The van der Waals surface area contributed by atoms with E-state index in [1.54, 1.807) is 0 Å². The van der Waals surface area contributed by atoms with E-state index >= 15 is 0 Å². The van der Waals surface area contributed by atoms with Crippen LogP contribution in [0.4, 0.5) is 0 Å². The second-order valence-corrected chi connectivity index (χ2v) is 3.13. The Morgan fingerprint density at radius 1 is 1.08 bits per heavy atom. The third-order valence-electron chi connectivity index (χ3n) is 2.19. The van der Waals surface area contributed by atoms with E-state index in [9.17, 15) is 4.79 Å². The maximum atomic E-state index is 10.4. The predicted octanol–water partition coefficient (Wildman–Crippen LogP) is -1.44. The molecule has 5 heteroatoms. The van der Waals surface area contributed by atoms with Crippen molar-refractivity contribution in [3.63, 3.8) is 0 Å². The minimum atomic E-state index is -1.21. The fraction of sp³-hybridized carbons (Fsp3) is 0.857. The van der Waals surface area contributed by atoms with Crippen LogP contribution in [-0.2, 0) is 4.79 Å². The maximum Gasteiger partial charge on any atom is 0.306 e. The summed E-state index contributed by atoms with van der Waals surface area (Å²) in [5.41, 5.74) is 0. The Balaban J connectivity index is 2.59. The van der Waals surface area contributed by atoms with Gasteiger partial charge in [-0.15, -0.1) is 0 Å². The molecule has 2 atom stereocenters. The molecule has 0 heterocycles. The van der Waals surface area contributed by atoms with Gasteiger partial charge in [-0.2, -0.15) is 0 Å². The van der Waals surface area contributed by atoms with Crippen LogP contribution in [0, 0.1) is 5.92 Å². The van der Waals surface area contributed by atoms with Crippen LogP contribution in [0.5, 0.6) is 0 Å². The van der Waals surface area contributed by atoms with Gasteiger partial charge in [0.05, 0.1) is 18.1 Å². The highest BCUT2D eigenvalue weighted by atomic mass is 16.4. The van der Waals surface area contributed by atoms with Gasteiger partial charge < -0.3 is 20.4 Å². The van der Waals surface area contributed by atoms with E-state index in [4.69, 9.17) is 20.4 Å². The molecular weight excluding hydrogens is 164 g/mol. The van der Waals surface area contributed by atoms with E-state index in [0.717, 1.165) is 0 Å². The molecule has 0 amide bonds. The summed E-state index contributed by atoms with van der Waals surface area (Å²) in [6.07, 6.45) is -3.45. The molecule has 1 rings (SSSR count). The van der Waals surface area contributed by atoms with Crippen LogP contribution < -0.4 is 0 Å². The molecule has 0 aromatic heterocycles. The lowest BCUT2D eigenvalue weighted by molar-refractivity contribution is -0.153. The van der Waals surface area contributed by atoms with Gasteiger partial charge in [-0.05, 0) is 12.8 Å². The van der Waals surface area contributed by atoms with Crippen LogP contribution in [0.2, 0.25) is 0 Å². The number of aliphatic carboxylic acids is 1. The second kappa shape index (κ2) is 3.38. The number of carbonyl (C=O) groups is 1. The third kappa shape index (κ3) is 1.74. The number of carboxylic acids is 1. The van der Waals surface area contributed by atoms with Crippen LogP contribution in [0.3, 0.4) is 0 Å². The number of rotatable bonds is 1. The van der Waals surface area contributed by atoms with Gasteiger partial charge >= 0.3 is 5.97 Å². The number of carboxylic acid groups (broad SMARTS) is 1. The summed E-state index contributed by atoms with van der Waals surface area (Å²) >= 11 is 0. The van der Waals surface area contributed by atoms with Crippen molar-refractivity contribution in [3.05, 3.63) is 0 Å². The second-order valence-electron chi connectivity index (χ2n) is 3.13. The summed E-state index contributed by atoms with van der Waals surface area (Å²) in [4.78, 5) is 10.4. The molecule has 0 radical (unpaired) electrons. The van der Waals surface area contributed by atoms with Gasteiger partial charge in [0, 0.05) is 0 Å². The Bertz CT molecular complexity index is 169. The maximum absolute atomic E-state index is 10.4. The van der Waals surface area contributed by atoms with Crippen molar-refractivity contribution in [2.24, 2.45) is 5.92 Å². The number of hydrogen-bond acceptors (Lipinski definition) is 4. The average molecular weight is 176 g/mol. The zero-order valence-corrected chi connectivity index (χ0v) is 6.42. The summed E-state index contributed by atoms with van der Waals surface area (Å²) in [7, 11) is 0. The van der Waals surface area contributed by atoms with E-state index < -0.39 is 30.2 Å². The van der Waals surface area contributed by atoms with Gasteiger partial charge in [-0.1, -0.05) is 0 Å². The average Bonchev–Trinajstić information content (AvgIpc) is 1.99. The molecule has 1 aliphatic rings. The zero-order chi connectivity index (χ0) is 9.30. The van der Waals surface area contributed by atoms with Gasteiger partial charge in [0.2, 0.25) is 0 Å². The Morgan fingerprint density at radius 2 is 1.50 bits per heavy atom. The van der Waals surface area contributed by atoms with Crippen molar-refractivity contribution in [2.45, 2.75) is 31.2 Å². The molecule has 1 fully saturated rings.